The lowest BCUT2D eigenvalue weighted by Crippen LogP contribution is -2.12. The van der Waals surface area contributed by atoms with E-state index in [0.717, 1.165) is 6.54 Å². The van der Waals surface area contributed by atoms with Crippen LogP contribution in [0.25, 0.3) is 0 Å². The summed E-state index contributed by atoms with van der Waals surface area (Å²) in [6.07, 6.45) is 4.86. The van der Waals surface area contributed by atoms with Crippen molar-refractivity contribution in [1.29, 1.82) is 0 Å². The van der Waals surface area contributed by atoms with Crippen LogP contribution < -0.4 is 5.32 Å². The Morgan fingerprint density at radius 3 is 2.64 bits per heavy atom. The zero-order valence-electron chi connectivity index (χ0n) is 7.41. The van der Waals surface area contributed by atoms with E-state index in [1.807, 2.05) is 13.8 Å². The molecule has 0 aromatic rings. The van der Waals surface area contributed by atoms with Crippen LogP contribution in [-0.2, 0) is 0 Å². The van der Waals surface area contributed by atoms with Crippen LogP contribution >= 0.6 is 0 Å². The average molecular weight is 157 g/mol. The van der Waals surface area contributed by atoms with Gasteiger partial charge in [0.2, 0.25) is 0 Å². The van der Waals surface area contributed by atoms with Crippen molar-refractivity contribution in [2.24, 2.45) is 0 Å². The van der Waals surface area contributed by atoms with Gasteiger partial charge in [0.25, 0.3) is 0 Å². The van der Waals surface area contributed by atoms with Crippen molar-refractivity contribution in [2.45, 2.75) is 41.0 Å². The van der Waals surface area contributed by atoms with Crippen molar-refractivity contribution in [3.63, 3.8) is 0 Å². The average Bonchev–Trinajstić information content (AvgIpc) is 2.21. The van der Waals surface area contributed by atoms with Crippen molar-refractivity contribution in [1.82, 2.24) is 5.32 Å². The third-order valence-corrected chi connectivity index (χ3v) is 1.52. The maximum atomic E-state index is 3.30. The number of allylic oxidation sites excluding steroid dienone is 1. The van der Waals surface area contributed by atoms with Gasteiger partial charge in [-0.25, -0.2) is 0 Å². The summed E-state index contributed by atoms with van der Waals surface area (Å²) in [5.74, 6) is 0. The summed E-state index contributed by atoms with van der Waals surface area (Å²) in [5.41, 5.74) is 1.54. The van der Waals surface area contributed by atoms with E-state index in [1.165, 1.54) is 25.0 Å². The molecule has 0 saturated heterocycles. The van der Waals surface area contributed by atoms with Gasteiger partial charge in [0.15, 0.2) is 0 Å². The van der Waals surface area contributed by atoms with Gasteiger partial charge in [0.05, 0.1) is 0 Å². The monoisotopic (exact) mass is 157 g/mol. The molecule has 0 aromatic heterocycles. The molecule has 1 rings (SSSR count). The summed E-state index contributed by atoms with van der Waals surface area (Å²) in [7, 11) is 0. The highest BCUT2D eigenvalue weighted by Gasteiger charge is 1.94. The van der Waals surface area contributed by atoms with E-state index in [-0.39, 0.29) is 7.43 Å². The number of hydrogen-bond acceptors (Lipinski definition) is 1. The van der Waals surface area contributed by atoms with Crippen molar-refractivity contribution >= 4 is 0 Å². The Bertz CT molecular complexity index is 95.0. The first-order valence-electron chi connectivity index (χ1n) is 4.26. The van der Waals surface area contributed by atoms with E-state index in [0.29, 0.717) is 0 Å². The van der Waals surface area contributed by atoms with Crippen LogP contribution in [0.1, 0.15) is 41.0 Å². The first-order valence-corrected chi connectivity index (χ1v) is 4.26. The lowest BCUT2D eigenvalue weighted by molar-refractivity contribution is 0.715. The Balaban J connectivity index is 0. The molecular formula is C10H23N. The first kappa shape index (κ1) is 13.3. The van der Waals surface area contributed by atoms with E-state index < -0.39 is 0 Å². The molecule has 1 heteroatoms. The van der Waals surface area contributed by atoms with Crippen LogP contribution in [0.4, 0.5) is 0 Å². The number of hydrogen-bond donors (Lipinski definition) is 1. The molecule has 0 aliphatic carbocycles. The van der Waals surface area contributed by atoms with Gasteiger partial charge in [-0.15, -0.1) is 0 Å². The fourth-order valence-electron chi connectivity index (χ4n) is 0.943. The lowest BCUT2D eigenvalue weighted by Gasteiger charge is -1.92. The second-order valence-corrected chi connectivity index (χ2v) is 2.36. The summed E-state index contributed by atoms with van der Waals surface area (Å²) >= 11 is 0. The van der Waals surface area contributed by atoms with Gasteiger partial charge in [0, 0.05) is 6.54 Å². The molecule has 0 spiro atoms. The lowest BCUT2D eigenvalue weighted by atomic mass is 10.2. The summed E-state index contributed by atoms with van der Waals surface area (Å²) < 4.78 is 0. The minimum Gasteiger partial charge on any atom is -0.313 e. The van der Waals surface area contributed by atoms with E-state index >= 15 is 0 Å². The van der Waals surface area contributed by atoms with Gasteiger partial charge in [-0.05, 0) is 26.3 Å². The van der Waals surface area contributed by atoms with Gasteiger partial charge in [-0.2, -0.15) is 0 Å². The standard InChI is InChI=1S/C7H13N.C2H6.CH4/c1-7-3-2-5-8-6-4-7;1-2;/h4,8H,2-3,5-6H2,1H3;1-2H3;1H4. The maximum absolute atomic E-state index is 3.30. The Labute approximate surface area is 71.9 Å². The molecule has 1 N–H and O–H groups in total. The Morgan fingerprint density at radius 1 is 1.36 bits per heavy atom. The first-order chi connectivity index (χ1) is 4.89. The Morgan fingerprint density at radius 2 is 2.00 bits per heavy atom. The summed E-state index contributed by atoms with van der Waals surface area (Å²) in [5, 5.41) is 3.30. The largest absolute Gasteiger partial charge is 0.313 e. The highest BCUT2D eigenvalue weighted by atomic mass is 14.8. The third-order valence-electron chi connectivity index (χ3n) is 1.52. The molecule has 1 aliphatic heterocycles. The minimum absolute atomic E-state index is 0. The highest BCUT2D eigenvalue weighted by molar-refractivity contribution is 5.00. The maximum Gasteiger partial charge on any atom is 0.0137 e. The second-order valence-electron chi connectivity index (χ2n) is 2.36. The molecule has 0 radical (unpaired) electrons. The van der Waals surface area contributed by atoms with Gasteiger partial charge >= 0.3 is 0 Å². The molecule has 0 atom stereocenters. The van der Waals surface area contributed by atoms with Crippen molar-refractivity contribution in [3.05, 3.63) is 11.6 Å². The summed E-state index contributed by atoms with van der Waals surface area (Å²) in [6, 6.07) is 0. The molecule has 68 valence electrons. The van der Waals surface area contributed by atoms with Crippen LogP contribution in [0.3, 0.4) is 0 Å². The molecule has 11 heavy (non-hydrogen) atoms. The molecule has 0 aromatic carbocycles. The van der Waals surface area contributed by atoms with Crippen LogP contribution in [-0.4, -0.2) is 13.1 Å². The Kier molecular flexibility index (Phi) is 11.7. The third kappa shape index (κ3) is 7.60. The fraction of sp³-hybridized carbons (Fsp3) is 0.800. The van der Waals surface area contributed by atoms with Crippen molar-refractivity contribution < 1.29 is 0 Å². The van der Waals surface area contributed by atoms with E-state index in [1.54, 1.807) is 0 Å². The molecule has 1 heterocycles. The van der Waals surface area contributed by atoms with Gasteiger partial charge in [0.1, 0.15) is 0 Å². The smallest absolute Gasteiger partial charge is 0.0137 e. The van der Waals surface area contributed by atoms with Gasteiger partial charge in [-0.1, -0.05) is 32.9 Å². The predicted molar refractivity (Wildman–Crippen MR) is 53.9 cm³/mol. The van der Waals surface area contributed by atoms with Crippen LogP contribution in [0.15, 0.2) is 11.6 Å². The normalized spacial score (nSPS) is 16.5. The van der Waals surface area contributed by atoms with Crippen LogP contribution in [0.5, 0.6) is 0 Å². The van der Waals surface area contributed by atoms with Crippen molar-refractivity contribution in [3.8, 4) is 0 Å². The predicted octanol–water partition coefficient (Wildman–Crippen LogP) is 2.98. The highest BCUT2D eigenvalue weighted by Crippen LogP contribution is 2.03. The van der Waals surface area contributed by atoms with E-state index in [4.69, 9.17) is 0 Å². The molecule has 0 bridgehead atoms. The summed E-state index contributed by atoms with van der Waals surface area (Å²) in [4.78, 5) is 0. The second kappa shape index (κ2) is 9.70. The van der Waals surface area contributed by atoms with Gasteiger partial charge in [-0.3, -0.25) is 0 Å². The Hall–Kier alpha value is -0.300. The van der Waals surface area contributed by atoms with Gasteiger partial charge < -0.3 is 5.32 Å². The van der Waals surface area contributed by atoms with E-state index in [9.17, 15) is 0 Å². The quantitative estimate of drug-likeness (QED) is 0.533. The van der Waals surface area contributed by atoms with E-state index in [2.05, 4.69) is 18.3 Å². The number of rotatable bonds is 0. The molecule has 0 amide bonds. The zero-order chi connectivity index (χ0) is 7.82. The minimum atomic E-state index is 0. The van der Waals surface area contributed by atoms with Crippen LogP contribution in [0.2, 0.25) is 0 Å². The molecule has 0 unspecified atom stereocenters. The molecule has 1 aliphatic rings. The molecule has 0 saturated carbocycles. The summed E-state index contributed by atoms with van der Waals surface area (Å²) in [6.45, 7) is 8.46. The van der Waals surface area contributed by atoms with Crippen molar-refractivity contribution in [2.75, 3.05) is 13.1 Å². The number of nitrogens with one attached hydrogen (secondary N) is 1. The zero-order valence-corrected chi connectivity index (χ0v) is 7.41. The molecule has 0 fully saturated rings. The fourth-order valence-corrected chi connectivity index (χ4v) is 0.943. The van der Waals surface area contributed by atoms with Crippen LogP contribution in [0, 0.1) is 0 Å². The molecular weight excluding hydrogens is 134 g/mol. The molecule has 1 nitrogen and oxygen atoms in total. The topological polar surface area (TPSA) is 12.0 Å². The SMILES string of the molecule is C.CC.CC1=CCNCCC1.